The lowest BCUT2D eigenvalue weighted by molar-refractivity contribution is 0.272. The second-order valence-corrected chi connectivity index (χ2v) is 6.14. The average Bonchev–Trinajstić information content (AvgIpc) is 3.20. The molecule has 0 amide bonds. The van der Waals surface area contributed by atoms with E-state index in [2.05, 4.69) is 29.3 Å². The van der Waals surface area contributed by atoms with Gasteiger partial charge in [0.15, 0.2) is 5.89 Å². The third kappa shape index (κ3) is 4.83. The summed E-state index contributed by atoms with van der Waals surface area (Å²) in [6.07, 6.45) is 7.95. The molecule has 0 saturated heterocycles. The molecule has 1 heterocycles. The zero-order valence-corrected chi connectivity index (χ0v) is 14.8. The van der Waals surface area contributed by atoms with Gasteiger partial charge in [0.2, 0.25) is 0 Å². The van der Waals surface area contributed by atoms with Gasteiger partial charge in [-0.3, -0.25) is 0 Å². The van der Waals surface area contributed by atoms with E-state index in [0.717, 1.165) is 22.4 Å². The Hall–Kier alpha value is -2.85. The van der Waals surface area contributed by atoms with Gasteiger partial charge in [-0.2, -0.15) is 0 Å². The first kappa shape index (κ1) is 18.0. The molecule has 1 N–H and O–H groups in total. The number of nitrogens with zero attached hydrogens (tertiary/aromatic N) is 1. The molecule has 0 aliphatic heterocycles. The van der Waals surface area contributed by atoms with E-state index in [1.165, 1.54) is 0 Å². The van der Waals surface area contributed by atoms with Crippen LogP contribution in [0.5, 0.6) is 5.75 Å². The van der Waals surface area contributed by atoms with Crippen molar-refractivity contribution in [2.45, 2.75) is 19.3 Å². The van der Waals surface area contributed by atoms with Crippen LogP contribution in [0.25, 0.3) is 12.2 Å². The first-order valence-corrected chi connectivity index (χ1v) is 8.75. The molecule has 4 heteroatoms. The van der Waals surface area contributed by atoms with Gasteiger partial charge in [-0.05, 0) is 28.8 Å². The Morgan fingerprint density at radius 3 is 2.73 bits per heavy atom. The Kier molecular flexibility index (Phi) is 6.23. The van der Waals surface area contributed by atoms with Gasteiger partial charge in [0, 0.05) is 12.5 Å². The van der Waals surface area contributed by atoms with E-state index in [1.807, 2.05) is 43.3 Å². The van der Waals surface area contributed by atoms with Gasteiger partial charge in [-0.1, -0.05) is 55.5 Å². The molecule has 0 saturated carbocycles. The Labute approximate surface area is 153 Å². The predicted octanol–water partition coefficient (Wildman–Crippen LogP) is 4.56. The Bertz CT molecular complexity index is 826. The van der Waals surface area contributed by atoms with Gasteiger partial charge in [-0.25, -0.2) is 4.98 Å². The number of aliphatic hydroxyl groups excluding tert-OH is 1. The second-order valence-electron chi connectivity index (χ2n) is 6.14. The van der Waals surface area contributed by atoms with Gasteiger partial charge in [0.05, 0.1) is 19.2 Å². The largest absolute Gasteiger partial charge is 0.493 e. The van der Waals surface area contributed by atoms with Crippen molar-refractivity contribution in [3.63, 3.8) is 0 Å². The Morgan fingerprint density at radius 2 is 2.00 bits per heavy atom. The molecule has 0 radical (unpaired) electrons. The molecular formula is C22H23NO3. The first-order valence-electron chi connectivity index (χ1n) is 8.75. The van der Waals surface area contributed by atoms with Gasteiger partial charge >= 0.3 is 0 Å². The predicted molar refractivity (Wildman–Crippen MR) is 103 cm³/mol. The van der Waals surface area contributed by atoms with Crippen molar-refractivity contribution in [2.75, 3.05) is 13.2 Å². The summed E-state index contributed by atoms with van der Waals surface area (Å²) in [4.78, 5) is 4.09. The van der Waals surface area contributed by atoms with Crippen LogP contribution in [-0.4, -0.2) is 23.3 Å². The van der Waals surface area contributed by atoms with Crippen molar-refractivity contribution in [3.8, 4) is 5.75 Å². The summed E-state index contributed by atoms with van der Waals surface area (Å²) in [5, 5.41) is 9.54. The van der Waals surface area contributed by atoms with E-state index < -0.39 is 0 Å². The van der Waals surface area contributed by atoms with Crippen molar-refractivity contribution in [2.24, 2.45) is 0 Å². The summed E-state index contributed by atoms with van der Waals surface area (Å²) in [5.41, 5.74) is 3.27. The topological polar surface area (TPSA) is 55.5 Å². The molecule has 3 rings (SSSR count). The van der Waals surface area contributed by atoms with E-state index >= 15 is 0 Å². The summed E-state index contributed by atoms with van der Waals surface area (Å²) in [7, 11) is 0. The SMILES string of the molecule is CC(CO)c1ccc(OCCc2ncco2)cc1C=Cc1ccccc1. The van der Waals surface area contributed by atoms with Crippen LogP contribution >= 0.6 is 0 Å². The maximum Gasteiger partial charge on any atom is 0.197 e. The van der Waals surface area contributed by atoms with Crippen LogP contribution in [0.15, 0.2) is 65.4 Å². The van der Waals surface area contributed by atoms with Crippen LogP contribution in [0, 0.1) is 0 Å². The molecule has 0 aliphatic rings. The molecule has 2 aromatic carbocycles. The van der Waals surface area contributed by atoms with Crippen LogP contribution in [0.2, 0.25) is 0 Å². The van der Waals surface area contributed by atoms with E-state index in [9.17, 15) is 5.11 Å². The highest BCUT2D eigenvalue weighted by Gasteiger charge is 2.10. The Balaban J connectivity index is 1.76. The number of aliphatic hydroxyl groups is 1. The normalized spacial score (nSPS) is 12.4. The van der Waals surface area contributed by atoms with Gasteiger partial charge in [-0.15, -0.1) is 0 Å². The van der Waals surface area contributed by atoms with Crippen LogP contribution < -0.4 is 4.74 Å². The third-order valence-electron chi connectivity index (χ3n) is 4.19. The maximum absolute atomic E-state index is 9.54. The minimum absolute atomic E-state index is 0.0618. The Morgan fingerprint density at radius 1 is 1.15 bits per heavy atom. The number of rotatable bonds is 8. The van der Waals surface area contributed by atoms with Crippen LogP contribution in [0.4, 0.5) is 0 Å². The molecule has 4 nitrogen and oxygen atoms in total. The van der Waals surface area contributed by atoms with Gasteiger partial charge < -0.3 is 14.3 Å². The van der Waals surface area contributed by atoms with Crippen LogP contribution in [0.1, 0.15) is 35.4 Å². The molecule has 0 spiro atoms. The monoisotopic (exact) mass is 349 g/mol. The third-order valence-corrected chi connectivity index (χ3v) is 4.19. The number of aromatic nitrogens is 1. The summed E-state index contributed by atoms with van der Waals surface area (Å²) >= 11 is 0. The number of hydrogen-bond acceptors (Lipinski definition) is 4. The number of oxazole rings is 1. The van der Waals surface area contributed by atoms with E-state index in [4.69, 9.17) is 9.15 Å². The fourth-order valence-electron chi connectivity index (χ4n) is 2.72. The van der Waals surface area contributed by atoms with Gasteiger partial charge in [0.1, 0.15) is 12.0 Å². The zero-order valence-electron chi connectivity index (χ0n) is 14.8. The fourth-order valence-corrected chi connectivity index (χ4v) is 2.72. The van der Waals surface area contributed by atoms with Crippen molar-refractivity contribution in [1.29, 1.82) is 0 Å². The molecule has 0 fully saturated rings. The van der Waals surface area contributed by atoms with Crippen LogP contribution in [0.3, 0.4) is 0 Å². The number of ether oxygens (including phenoxy) is 1. The minimum atomic E-state index is 0.0618. The molecular weight excluding hydrogens is 326 g/mol. The standard InChI is InChI=1S/C22H23NO3/c1-17(16-24)21-10-9-20(25-13-11-22-23-12-14-26-22)15-19(21)8-7-18-5-3-2-4-6-18/h2-10,12,14-15,17,24H,11,13,16H2,1H3. The second kappa shape index (κ2) is 9.02. The number of hydrogen-bond donors (Lipinski definition) is 1. The average molecular weight is 349 g/mol. The van der Waals surface area contributed by atoms with E-state index in [0.29, 0.717) is 18.9 Å². The van der Waals surface area contributed by atoms with Crippen molar-refractivity contribution in [1.82, 2.24) is 4.98 Å². The molecule has 0 bridgehead atoms. The molecule has 26 heavy (non-hydrogen) atoms. The molecule has 1 unspecified atom stereocenters. The lowest BCUT2D eigenvalue weighted by Crippen LogP contribution is -2.04. The van der Waals surface area contributed by atoms with Crippen LogP contribution in [-0.2, 0) is 6.42 Å². The highest BCUT2D eigenvalue weighted by molar-refractivity contribution is 5.72. The molecule has 0 aliphatic carbocycles. The molecule has 1 aromatic heterocycles. The van der Waals surface area contributed by atoms with Crippen molar-refractivity contribution in [3.05, 3.63) is 83.6 Å². The van der Waals surface area contributed by atoms with Crippen molar-refractivity contribution >= 4 is 12.2 Å². The number of benzene rings is 2. The van der Waals surface area contributed by atoms with E-state index in [1.54, 1.807) is 12.5 Å². The highest BCUT2D eigenvalue weighted by atomic mass is 16.5. The van der Waals surface area contributed by atoms with E-state index in [-0.39, 0.29) is 12.5 Å². The van der Waals surface area contributed by atoms with Gasteiger partial charge in [0.25, 0.3) is 0 Å². The molecule has 1 atom stereocenters. The lowest BCUT2D eigenvalue weighted by atomic mass is 9.95. The quantitative estimate of drug-likeness (QED) is 0.606. The summed E-state index contributed by atoms with van der Waals surface area (Å²) in [5.74, 6) is 1.52. The summed E-state index contributed by atoms with van der Waals surface area (Å²) < 4.78 is 11.1. The summed E-state index contributed by atoms with van der Waals surface area (Å²) in [6, 6.07) is 16.1. The zero-order chi connectivity index (χ0) is 18.2. The van der Waals surface area contributed by atoms with Crippen molar-refractivity contribution < 1.29 is 14.3 Å². The lowest BCUT2D eigenvalue weighted by Gasteiger charge is -2.14. The summed E-state index contributed by atoms with van der Waals surface area (Å²) in [6.45, 7) is 2.62. The minimum Gasteiger partial charge on any atom is -0.493 e. The fraction of sp³-hybridized carbons (Fsp3) is 0.227. The molecule has 134 valence electrons. The molecule has 3 aromatic rings. The maximum atomic E-state index is 9.54. The highest BCUT2D eigenvalue weighted by Crippen LogP contribution is 2.26. The first-order chi connectivity index (χ1) is 12.8. The smallest absolute Gasteiger partial charge is 0.197 e.